The van der Waals surface area contributed by atoms with Crippen LogP contribution in [0.2, 0.25) is 0 Å². The van der Waals surface area contributed by atoms with E-state index in [1.165, 1.54) is 5.56 Å². The topological polar surface area (TPSA) is 46.6 Å². The molecule has 0 saturated carbocycles. The normalized spacial score (nSPS) is 13.3. The molecule has 2 aromatic rings. The summed E-state index contributed by atoms with van der Waals surface area (Å²) >= 11 is 0. The van der Waals surface area contributed by atoms with Gasteiger partial charge in [0.15, 0.2) is 0 Å². The zero-order valence-electron chi connectivity index (χ0n) is 13.1. The average Bonchev–Trinajstić information content (AvgIpc) is 2.61. The summed E-state index contributed by atoms with van der Waals surface area (Å²) in [5.41, 5.74) is 2.80. The number of para-hydroxylation sites is 1. The molecule has 4 nitrogen and oxygen atoms in total. The molecular formula is C19H19NO3. The lowest BCUT2D eigenvalue weighted by Crippen LogP contribution is -2.35. The molecular weight excluding hydrogens is 290 g/mol. The minimum absolute atomic E-state index is 0.0227. The van der Waals surface area contributed by atoms with Crippen LogP contribution < -0.4 is 9.64 Å². The number of anilines is 1. The van der Waals surface area contributed by atoms with Gasteiger partial charge in [-0.3, -0.25) is 9.59 Å². The highest BCUT2D eigenvalue weighted by Crippen LogP contribution is 2.28. The number of benzene rings is 2. The molecule has 0 atom stereocenters. The Morgan fingerprint density at radius 1 is 1.09 bits per heavy atom. The third-order valence-electron chi connectivity index (χ3n) is 3.98. The van der Waals surface area contributed by atoms with Crippen LogP contribution in [0.5, 0.6) is 5.75 Å². The molecule has 0 unspecified atom stereocenters. The smallest absolute Gasteiger partial charge is 0.310 e. The lowest BCUT2D eigenvalue weighted by Gasteiger charge is -2.29. The summed E-state index contributed by atoms with van der Waals surface area (Å²) in [6, 6.07) is 14.8. The van der Waals surface area contributed by atoms with Gasteiger partial charge >= 0.3 is 5.97 Å². The number of ether oxygens (including phenoxy) is 1. The molecule has 0 fully saturated rings. The van der Waals surface area contributed by atoms with Crippen molar-refractivity contribution in [3.05, 3.63) is 59.7 Å². The van der Waals surface area contributed by atoms with Crippen LogP contribution in [-0.2, 0) is 11.2 Å². The third kappa shape index (κ3) is 3.26. The molecule has 0 N–H and O–H groups in total. The van der Waals surface area contributed by atoms with Gasteiger partial charge in [-0.2, -0.15) is 0 Å². The standard InChI is InChI=1S/C19H19NO3/c1-2-18(21)23-16-11-9-15(10-12-16)19(22)20-13-5-7-14-6-3-4-8-17(14)20/h3-4,6,8-12H,2,5,7,13H2,1H3. The van der Waals surface area contributed by atoms with E-state index in [0.29, 0.717) is 17.7 Å². The van der Waals surface area contributed by atoms with Crippen molar-refractivity contribution in [2.45, 2.75) is 26.2 Å². The van der Waals surface area contributed by atoms with Crippen molar-refractivity contribution in [3.63, 3.8) is 0 Å². The maximum atomic E-state index is 12.8. The minimum Gasteiger partial charge on any atom is -0.427 e. The first-order valence-corrected chi connectivity index (χ1v) is 7.89. The van der Waals surface area contributed by atoms with Gasteiger partial charge in [0.05, 0.1) is 0 Å². The number of nitrogens with zero attached hydrogens (tertiary/aromatic N) is 1. The number of hydrogen-bond acceptors (Lipinski definition) is 3. The molecule has 0 bridgehead atoms. The molecule has 2 aromatic carbocycles. The number of aryl methyl sites for hydroxylation is 1. The van der Waals surface area contributed by atoms with Crippen LogP contribution in [0.15, 0.2) is 48.5 Å². The molecule has 23 heavy (non-hydrogen) atoms. The molecule has 0 saturated heterocycles. The van der Waals surface area contributed by atoms with Crippen molar-refractivity contribution < 1.29 is 14.3 Å². The number of hydrogen-bond donors (Lipinski definition) is 0. The van der Waals surface area contributed by atoms with Gasteiger partial charge in [0.25, 0.3) is 5.91 Å². The van der Waals surface area contributed by atoms with E-state index in [1.54, 1.807) is 31.2 Å². The highest BCUT2D eigenvalue weighted by molar-refractivity contribution is 6.06. The van der Waals surface area contributed by atoms with Crippen molar-refractivity contribution in [3.8, 4) is 5.75 Å². The maximum absolute atomic E-state index is 12.8. The van der Waals surface area contributed by atoms with Gasteiger partial charge in [-0.25, -0.2) is 0 Å². The first-order valence-electron chi connectivity index (χ1n) is 7.89. The molecule has 1 aliphatic heterocycles. The van der Waals surface area contributed by atoms with Gasteiger partial charge in [-0.05, 0) is 48.7 Å². The Labute approximate surface area is 135 Å². The van der Waals surface area contributed by atoms with Crippen molar-refractivity contribution >= 4 is 17.6 Å². The fraction of sp³-hybridized carbons (Fsp3) is 0.263. The Morgan fingerprint density at radius 3 is 2.57 bits per heavy atom. The summed E-state index contributed by atoms with van der Waals surface area (Å²) in [5.74, 6) is 0.159. The van der Waals surface area contributed by atoms with Crippen LogP contribution in [0, 0.1) is 0 Å². The van der Waals surface area contributed by atoms with Crippen LogP contribution in [0.1, 0.15) is 35.7 Å². The Balaban J connectivity index is 1.80. The molecule has 0 aliphatic carbocycles. The van der Waals surface area contributed by atoms with E-state index >= 15 is 0 Å². The van der Waals surface area contributed by atoms with E-state index in [0.717, 1.165) is 25.1 Å². The molecule has 1 aliphatic rings. The summed E-state index contributed by atoms with van der Waals surface area (Å²) in [5, 5.41) is 0. The van der Waals surface area contributed by atoms with Gasteiger partial charge in [0.2, 0.25) is 0 Å². The quantitative estimate of drug-likeness (QED) is 0.643. The first kappa shape index (κ1) is 15.3. The number of carbonyl (C=O) groups is 2. The second-order valence-electron chi connectivity index (χ2n) is 5.54. The molecule has 1 amide bonds. The number of esters is 1. The summed E-state index contributed by atoms with van der Waals surface area (Å²) in [6.45, 7) is 2.47. The van der Waals surface area contributed by atoms with Gasteiger partial charge < -0.3 is 9.64 Å². The second-order valence-corrected chi connectivity index (χ2v) is 5.54. The average molecular weight is 309 g/mol. The molecule has 3 rings (SSSR count). The van der Waals surface area contributed by atoms with Gasteiger partial charge in [0, 0.05) is 24.2 Å². The van der Waals surface area contributed by atoms with Gasteiger partial charge in [0.1, 0.15) is 5.75 Å². The van der Waals surface area contributed by atoms with Crippen LogP contribution >= 0.6 is 0 Å². The Hall–Kier alpha value is -2.62. The monoisotopic (exact) mass is 309 g/mol. The van der Waals surface area contributed by atoms with E-state index in [-0.39, 0.29) is 11.9 Å². The Morgan fingerprint density at radius 2 is 1.83 bits per heavy atom. The van der Waals surface area contributed by atoms with Crippen molar-refractivity contribution in [1.82, 2.24) is 0 Å². The summed E-state index contributed by atoms with van der Waals surface area (Å²) < 4.78 is 5.14. The summed E-state index contributed by atoms with van der Waals surface area (Å²) in [6.07, 6.45) is 2.30. The van der Waals surface area contributed by atoms with Crippen LogP contribution in [-0.4, -0.2) is 18.4 Å². The highest BCUT2D eigenvalue weighted by Gasteiger charge is 2.23. The highest BCUT2D eigenvalue weighted by atomic mass is 16.5. The fourth-order valence-corrected chi connectivity index (χ4v) is 2.77. The zero-order valence-corrected chi connectivity index (χ0v) is 13.1. The van der Waals surface area contributed by atoms with E-state index in [2.05, 4.69) is 6.07 Å². The lowest BCUT2D eigenvalue weighted by atomic mass is 10.0. The predicted molar refractivity (Wildman–Crippen MR) is 88.8 cm³/mol. The zero-order chi connectivity index (χ0) is 16.2. The number of fused-ring (bicyclic) bond motifs is 1. The fourth-order valence-electron chi connectivity index (χ4n) is 2.77. The van der Waals surface area contributed by atoms with Crippen LogP contribution in [0.4, 0.5) is 5.69 Å². The van der Waals surface area contributed by atoms with Crippen molar-refractivity contribution in [2.75, 3.05) is 11.4 Å². The van der Waals surface area contributed by atoms with Gasteiger partial charge in [-0.15, -0.1) is 0 Å². The lowest BCUT2D eigenvalue weighted by molar-refractivity contribution is -0.134. The SMILES string of the molecule is CCC(=O)Oc1ccc(C(=O)N2CCCc3ccccc32)cc1. The van der Waals surface area contributed by atoms with E-state index in [1.807, 2.05) is 23.1 Å². The van der Waals surface area contributed by atoms with Crippen molar-refractivity contribution in [2.24, 2.45) is 0 Å². The minimum atomic E-state index is -0.283. The number of amides is 1. The summed E-state index contributed by atoms with van der Waals surface area (Å²) in [7, 11) is 0. The number of carbonyl (C=O) groups excluding carboxylic acids is 2. The molecule has 0 spiro atoms. The molecule has 118 valence electrons. The molecule has 0 radical (unpaired) electrons. The van der Waals surface area contributed by atoms with Crippen LogP contribution in [0.3, 0.4) is 0 Å². The van der Waals surface area contributed by atoms with Gasteiger partial charge in [-0.1, -0.05) is 25.1 Å². The molecule has 0 aromatic heterocycles. The second kappa shape index (κ2) is 6.65. The summed E-state index contributed by atoms with van der Waals surface area (Å²) in [4.78, 5) is 25.9. The van der Waals surface area contributed by atoms with E-state index < -0.39 is 0 Å². The predicted octanol–water partition coefficient (Wildman–Crippen LogP) is 3.60. The van der Waals surface area contributed by atoms with Crippen molar-refractivity contribution in [1.29, 1.82) is 0 Å². The molecule has 1 heterocycles. The van der Waals surface area contributed by atoms with Crippen LogP contribution in [0.25, 0.3) is 0 Å². The van der Waals surface area contributed by atoms with E-state index in [4.69, 9.17) is 4.74 Å². The Kier molecular flexibility index (Phi) is 4.42. The first-order chi connectivity index (χ1) is 11.2. The maximum Gasteiger partial charge on any atom is 0.310 e. The number of rotatable bonds is 3. The third-order valence-corrected chi connectivity index (χ3v) is 3.98. The van der Waals surface area contributed by atoms with E-state index in [9.17, 15) is 9.59 Å². The largest absolute Gasteiger partial charge is 0.427 e. The Bertz CT molecular complexity index is 722. The molecule has 4 heteroatoms.